The van der Waals surface area contributed by atoms with Crippen LogP contribution in [0, 0.1) is 0 Å². The summed E-state index contributed by atoms with van der Waals surface area (Å²) in [6.07, 6.45) is -4.80. The number of hydrogen-bond acceptors (Lipinski definition) is 7. The van der Waals surface area contributed by atoms with Crippen LogP contribution in [0.1, 0.15) is 0 Å². The second-order valence-corrected chi connectivity index (χ2v) is 3.92. The number of nitrogens with one attached hydrogen (secondary N) is 1. The third-order valence-corrected chi connectivity index (χ3v) is 2.72. The van der Waals surface area contributed by atoms with Gasteiger partial charge in [-0.25, -0.2) is 0 Å². The summed E-state index contributed by atoms with van der Waals surface area (Å²) in [5.74, 6) is -0.651. The van der Waals surface area contributed by atoms with Crippen LogP contribution in [0.15, 0.2) is 5.11 Å². The van der Waals surface area contributed by atoms with E-state index in [1.807, 2.05) is 0 Å². The lowest BCUT2D eigenvalue weighted by Gasteiger charge is -2.41. The molecule has 10 heteroatoms. The summed E-state index contributed by atoms with van der Waals surface area (Å²) in [7, 11) is 1.29. The molecule has 19 heavy (non-hydrogen) atoms. The fourth-order valence-electron chi connectivity index (χ4n) is 1.76. The molecule has 1 aliphatic heterocycles. The molecule has 108 valence electrons. The molecule has 0 bridgehead atoms. The fraction of sp³-hybridized carbons (Fsp3) is 0.889. The summed E-state index contributed by atoms with van der Waals surface area (Å²) in [5, 5.41) is 33.9. The minimum Gasteiger partial charge on any atom is -0.394 e. The van der Waals surface area contributed by atoms with Crippen LogP contribution >= 0.6 is 0 Å². The topological polar surface area (TPSA) is 157 Å². The lowest BCUT2D eigenvalue weighted by Crippen LogP contribution is -2.64. The highest BCUT2D eigenvalue weighted by Gasteiger charge is 2.45. The second kappa shape index (κ2) is 7.24. The van der Waals surface area contributed by atoms with Gasteiger partial charge in [0.25, 0.3) is 0 Å². The molecule has 1 heterocycles. The number of amides is 1. The number of ether oxygens (including phenoxy) is 2. The van der Waals surface area contributed by atoms with Crippen molar-refractivity contribution in [3.05, 3.63) is 10.4 Å². The van der Waals surface area contributed by atoms with Gasteiger partial charge >= 0.3 is 0 Å². The number of carbonyl (C=O) groups excluding carboxylic acids is 1. The van der Waals surface area contributed by atoms with Crippen molar-refractivity contribution < 1.29 is 29.6 Å². The molecule has 5 atom stereocenters. The Bertz CT molecular complexity index is 359. The quantitative estimate of drug-likeness (QED) is 0.255. The highest BCUT2D eigenvalue weighted by Crippen LogP contribution is 2.21. The van der Waals surface area contributed by atoms with Gasteiger partial charge in [0, 0.05) is 12.0 Å². The van der Waals surface area contributed by atoms with E-state index in [2.05, 4.69) is 15.3 Å². The maximum atomic E-state index is 11.4. The monoisotopic (exact) mass is 276 g/mol. The number of azide groups is 1. The van der Waals surface area contributed by atoms with Crippen molar-refractivity contribution in [2.45, 2.75) is 30.6 Å². The summed E-state index contributed by atoms with van der Waals surface area (Å²) in [6.45, 7) is -0.951. The van der Waals surface area contributed by atoms with Gasteiger partial charge in [0.2, 0.25) is 5.91 Å². The molecule has 0 aliphatic carbocycles. The number of carbonyl (C=O) groups is 1. The van der Waals surface area contributed by atoms with Crippen molar-refractivity contribution >= 4 is 5.91 Å². The standard InChI is InChI=1S/C9H16N4O6/c1-18-9-6(12-5(15)2-11-13-10)8(17)7(16)4(3-14)19-9/h4,6-9,14,16-17H,2-3H2,1H3,(H,12,15)/t4-,6-,7+,8-,9-/m1/s1. The minimum absolute atomic E-state index is 0.449. The first-order valence-electron chi connectivity index (χ1n) is 5.50. The van der Waals surface area contributed by atoms with E-state index in [0.717, 1.165) is 0 Å². The molecule has 0 spiro atoms. The Morgan fingerprint density at radius 3 is 2.74 bits per heavy atom. The van der Waals surface area contributed by atoms with Crippen LogP contribution in [0.25, 0.3) is 10.4 Å². The smallest absolute Gasteiger partial charge is 0.226 e. The molecule has 0 saturated carbocycles. The van der Waals surface area contributed by atoms with E-state index in [1.54, 1.807) is 0 Å². The van der Waals surface area contributed by atoms with Gasteiger partial charge in [0.1, 0.15) is 30.9 Å². The average molecular weight is 276 g/mol. The summed E-state index contributed by atoms with van der Waals surface area (Å²) >= 11 is 0. The van der Waals surface area contributed by atoms with Gasteiger partial charge in [-0.1, -0.05) is 5.11 Å². The molecule has 0 aromatic carbocycles. The summed E-state index contributed by atoms with van der Waals surface area (Å²) < 4.78 is 10.1. The maximum absolute atomic E-state index is 11.4. The predicted octanol–water partition coefficient (Wildman–Crippen LogP) is -2.13. The number of methoxy groups -OCH3 is 1. The summed E-state index contributed by atoms with van der Waals surface area (Å²) in [6, 6.07) is -1.04. The lowest BCUT2D eigenvalue weighted by molar-refractivity contribution is -0.262. The molecule has 1 saturated heterocycles. The van der Waals surface area contributed by atoms with E-state index in [4.69, 9.17) is 20.1 Å². The Hall–Kier alpha value is -1.42. The van der Waals surface area contributed by atoms with Crippen molar-refractivity contribution in [3.63, 3.8) is 0 Å². The van der Waals surface area contributed by atoms with Gasteiger partial charge in [-0.05, 0) is 5.53 Å². The normalized spacial score (nSPS) is 34.4. The zero-order valence-electron chi connectivity index (χ0n) is 10.2. The number of nitrogens with zero attached hydrogens (tertiary/aromatic N) is 3. The maximum Gasteiger partial charge on any atom is 0.226 e. The third kappa shape index (κ3) is 3.77. The van der Waals surface area contributed by atoms with E-state index in [-0.39, 0.29) is 0 Å². The highest BCUT2D eigenvalue weighted by atomic mass is 16.7. The van der Waals surface area contributed by atoms with Crippen LogP contribution in [0.4, 0.5) is 0 Å². The second-order valence-electron chi connectivity index (χ2n) is 3.92. The van der Waals surface area contributed by atoms with Crippen molar-refractivity contribution in [3.8, 4) is 0 Å². The molecule has 0 aromatic rings. The Morgan fingerprint density at radius 2 is 2.21 bits per heavy atom. The van der Waals surface area contributed by atoms with Gasteiger partial charge in [-0.2, -0.15) is 0 Å². The molecule has 4 N–H and O–H groups in total. The van der Waals surface area contributed by atoms with E-state index in [1.165, 1.54) is 7.11 Å². The lowest BCUT2D eigenvalue weighted by atomic mass is 9.97. The van der Waals surface area contributed by atoms with Crippen molar-refractivity contribution in [1.29, 1.82) is 0 Å². The zero-order valence-corrected chi connectivity index (χ0v) is 10.2. The van der Waals surface area contributed by atoms with E-state index >= 15 is 0 Å². The average Bonchev–Trinajstić information content (AvgIpc) is 2.42. The van der Waals surface area contributed by atoms with E-state index < -0.39 is 49.7 Å². The molecule has 1 amide bonds. The number of hydrogen-bond donors (Lipinski definition) is 4. The molecule has 1 rings (SSSR count). The van der Waals surface area contributed by atoms with Crippen LogP contribution in [-0.2, 0) is 14.3 Å². The van der Waals surface area contributed by atoms with Gasteiger partial charge in [-0.15, -0.1) is 0 Å². The van der Waals surface area contributed by atoms with Crippen LogP contribution in [-0.4, -0.2) is 72.1 Å². The van der Waals surface area contributed by atoms with Crippen LogP contribution in [0.5, 0.6) is 0 Å². The van der Waals surface area contributed by atoms with Gasteiger partial charge < -0.3 is 30.1 Å². The highest BCUT2D eigenvalue weighted by molar-refractivity contribution is 5.78. The predicted molar refractivity (Wildman–Crippen MR) is 60.7 cm³/mol. The Labute approximate surface area is 108 Å². The van der Waals surface area contributed by atoms with Crippen molar-refractivity contribution in [2.24, 2.45) is 5.11 Å². The molecule has 10 nitrogen and oxygen atoms in total. The molecular formula is C9H16N4O6. The molecule has 0 unspecified atom stereocenters. The van der Waals surface area contributed by atoms with E-state index in [9.17, 15) is 15.0 Å². The fourth-order valence-corrected chi connectivity index (χ4v) is 1.76. The molecule has 0 radical (unpaired) electrons. The Morgan fingerprint density at radius 1 is 1.53 bits per heavy atom. The first-order chi connectivity index (χ1) is 9.04. The Balaban J connectivity index is 2.73. The minimum atomic E-state index is -1.38. The summed E-state index contributed by atoms with van der Waals surface area (Å²) in [4.78, 5) is 13.8. The first-order valence-corrected chi connectivity index (χ1v) is 5.50. The van der Waals surface area contributed by atoms with Gasteiger partial charge in [-0.3, -0.25) is 4.79 Å². The number of aliphatic hydroxyl groups is 3. The Kier molecular flexibility index (Phi) is 5.96. The van der Waals surface area contributed by atoms with E-state index in [0.29, 0.717) is 0 Å². The largest absolute Gasteiger partial charge is 0.394 e. The third-order valence-electron chi connectivity index (χ3n) is 2.72. The van der Waals surface area contributed by atoms with Gasteiger partial charge in [0.15, 0.2) is 6.29 Å². The molecule has 1 aliphatic rings. The van der Waals surface area contributed by atoms with Crippen LogP contribution in [0.3, 0.4) is 0 Å². The van der Waals surface area contributed by atoms with Gasteiger partial charge in [0.05, 0.1) is 6.61 Å². The molecule has 1 fully saturated rings. The van der Waals surface area contributed by atoms with Crippen molar-refractivity contribution in [2.75, 3.05) is 20.3 Å². The number of rotatable bonds is 5. The van der Waals surface area contributed by atoms with Crippen LogP contribution in [0.2, 0.25) is 0 Å². The molecular weight excluding hydrogens is 260 g/mol. The first kappa shape index (κ1) is 15.6. The SMILES string of the molecule is CO[C@@H]1O[C@H](CO)[C@H](O)[C@H](O)[C@H]1NC(=O)CN=[N+]=[N-]. The molecule has 0 aromatic heterocycles. The van der Waals surface area contributed by atoms with Crippen molar-refractivity contribution in [1.82, 2.24) is 5.32 Å². The zero-order chi connectivity index (χ0) is 14.4. The van der Waals surface area contributed by atoms with Crippen LogP contribution < -0.4 is 5.32 Å². The summed E-state index contributed by atoms with van der Waals surface area (Å²) in [5.41, 5.74) is 8.09. The number of aliphatic hydroxyl groups excluding tert-OH is 3.